The fourth-order valence-corrected chi connectivity index (χ4v) is 3.33. The van der Waals surface area contributed by atoms with Crippen LogP contribution in [0.1, 0.15) is 5.56 Å². The number of fused-ring (bicyclic) bond motifs is 5. The quantitative estimate of drug-likeness (QED) is 0.592. The Hall–Kier alpha value is -2.54. The first-order valence-electron chi connectivity index (χ1n) is 7.34. The van der Waals surface area contributed by atoms with E-state index in [1.807, 2.05) is 6.08 Å². The maximum absolute atomic E-state index is 3.92. The number of anilines is 1. The minimum Gasteiger partial charge on any atom is -0.362 e. The SMILES string of the molecule is C=CCN1Cc2ccccc2-c2ccc3ccccc3c21. The monoisotopic (exact) mass is 271 g/mol. The van der Waals surface area contributed by atoms with Gasteiger partial charge < -0.3 is 4.90 Å². The Balaban J connectivity index is 2.06. The van der Waals surface area contributed by atoms with Crippen LogP contribution in [0.15, 0.2) is 73.3 Å². The highest BCUT2D eigenvalue weighted by atomic mass is 15.1. The molecule has 0 unspecified atom stereocenters. The molecule has 0 saturated heterocycles. The molecule has 4 rings (SSSR count). The zero-order chi connectivity index (χ0) is 14.2. The molecule has 1 aliphatic rings. The molecule has 0 amide bonds. The van der Waals surface area contributed by atoms with Gasteiger partial charge in [-0.1, -0.05) is 66.7 Å². The van der Waals surface area contributed by atoms with Gasteiger partial charge in [0.05, 0.1) is 5.69 Å². The largest absolute Gasteiger partial charge is 0.362 e. The van der Waals surface area contributed by atoms with Crippen molar-refractivity contribution in [3.05, 3.63) is 78.9 Å². The number of benzene rings is 3. The van der Waals surface area contributed by atoms with Gasteiger partial charge in [0, 0.05) is 24.0 Å². The van der Waals surface area contributed by atoms with Gasteiger partial charge in [0.15, 0.2) is 0 Å². The Morgan fingerprint density at radius 1 is 0.905 bits per heavy atom. The lowest BCUT2D eigenvalue weighted by Crippen LogP contribution is -2.26. The summed E-state index contributed by atoms with van der Waals surface area (Å²) in [6.45, 7) is 5.74. The van der Waals surface area contributed by atoms with Crippen molar-refractivity contribution in [2.75, 3.05) is 11.4 Å². The number of hydrogen-bond acceptors (Lipinski definition) is 1. The Labute approximate surface area is 125 Å². The van der Waals surface area contributed by atoms with E-state index in [1.165, 1.54) is 33.2 Å². The molecule has 1 heteroatoms. The lowest BCUT2D eigenvalue weighted by Gasteiger charge is -2.33. The predicted molar refractivity (Wildman–Crippen MR) is 90.6 cm³/mol. The normalized spacial score (nSPS) is 12.9. The van der Waals surface area contributed by atoms with E-state index in [-0.39, 0.29) is 0 Å². The van der Waals surface area contributed by atoms with Gasteiger partial charge in [-0.2, -0.15) is 0 Å². The molecule has 0 fully saturated rings. The number of nitrogens with zero attached hydrogens (tertiary/aromatic N) is 1. The van der Waals surface area contributed by atoms with Gasteiger partial charge in [0.25, 0.3) is 0 Å². The summed E-state index contributed by atoms with van der Waals surface area (Å²) in [4.78, 5) is 2.42. The maximum atomic E-state index is 3.92. The molecule has 21 heavy (non-hydrogen) atoms. The van der Waals surface area contributed by atoms with Crippen LogP contribution in [0.4, 0.5) is 5.69 Å². The van der Waals surface area contributed by atoms with Gasteiger partial charge in [-0.25, -0.2) is 0 Å². The van der Waals surface area contributed by atoms with Gasteiger partial charge >= 0.3 is 0 Å². The summed E-state index contributed by atoms with van der Waals surface area (Å²) in [6, 6.07) is 21.8. The summed E-state index contributed by atoms with van der Waals surface area (Å²) in [5.41, 5.74) is 5.42. The van der Waals surface area contributed by atoms with Crippen LogP contribution in [-0.4, -0.2) is 6.54 Å². The van der Waals surface area contributed by atoms with E-state index in [1.54, 1.807) is 0 Å². The van der Waals surface area contributed by atoms with Crippen LogP contribution in [0.2, 0.25) is 0 Å². The second kappa shape index (κ2) is 4.78. The van der Waals surface area contributed by atoms with E-state index < -0.39 is 0 Å². The third-order valence-corrected chi connectivity index (χ3v) is 4.24. The molecule has 1 nitrogen and oxygen atoms in total. The molecule has 0 saturated carbocycles. The zero-order valence-corrected chi connectivity index (χ0v) is 11.9. The topological polar surface area (TPSA) is 3.24 Å². The summed E-state index contributed by atoms with van der Waals surface area (Å²) in [5.74, 6) is 0. The molecule has 1 aliphatic heterocycles. The van der Waals surface area contributed by atoms with Gasteiger partial charge in [-0.3, -0.25) is 0 Å². The van der Waals surface area contributed by atoms with Crippen molar-refractivity contribution in [2.24, 2.45) is 0 Å². The molecular formula is C20H17N. The minimum absolute atomic E-state index is 0.870. The second-order valence-electron chi connectivity index (χ2n) is 5.51. The van der Waals surface area contributed by atoms with Crippen molar-refractivity contribution in [2.45, 2.75) is 6.54 Å². The van der Waals surface area contributed by atoms with E-state index in [0.717, 1.165) is 13.1 Å². The highest BCUT2D eigenvalue weighted by Gasteiger charge is 2.22. The third kappa shape index (κ3) is 1.85. The number of rotatable bonds is 2. The zero-order valence-electron chi connectivity index (χ0n) is 11.9. The van der Waals surface area contributed by atoms with Gasteiger partial charge in [0.2, 0.25) is 0 Å². The molecule has 1 heterocycles. The van der Waals surface area contributed by atoms with Crippen LogP contribution < -0.4 is 4.90 Å². The van der Waals surface area contributed by atoms with E-state index in [9.17, 15) is 0 Å². The summed E-state index contributed by atoms with van der Waals surface area (Å²) in [5, 5.41) is 2.62. The molecule has 0 bridgehead atoms. The smallest absolute Gasteiger partial charge is 0.0531 e. The molecule has 102 valence electrons. The van der Waals surface area contributed by atoms with Gasteiger partial charge in [-0.05, 0) is 16.5 Å². The van der Waals surface area contributed by atoms with Crippen molar-refractivity contribution in [1.82, 2.24) is 0 Å². The van der Waals surface area contributed by atoms with Gasteiger partial charge in [-0.15, -0.1) is 6.58 Å². The Morgan fingerprint density at radius 2 is 1.71 bits per heavy atom. The van der Waals surface area contributed by atoms with Crippen molar-refractivity contribution in [1.29, 1.82) is 0 Å². The molecule has 0 spiro atoms. The number of hydrogen-bond donors (Lipinski definition) is 0. The first kappa shape index (κ1) is 12.2. The van der Waals surface area contributed by atoms with E-state index >= 15 is 0 Å². The molecule has 0 N–H and O–H groups in total. The predicted octanol–water partition coefficient (Wildman–Crippen LogP) is 5.01. The van der Waals surface area contributed by atoms with E-state index in [0.29, 0.717) is 0 Å². The minimum atomic E-state index is 0.870. The van der Waals surface area contributed by atoms with Crippen LogP contribution in [0.3, 0.4) is 0 Å². The van der Waals surface area contributed by atoms with Gasteiger partial charge in [0.1, 0.15) is 0 Å². The van der Waals surface area contributed by atoms with Crippen LogP contribution in [0.25, 0.3) is 21.9 Å². The van der Waals surface area contributed by atoms with E-state index in [2.05, 4.69) is 72.1 Å². The average molecular weight is 271 g/mol. The third-order valence-electron chi connectivity index (χ3n) is 4.24. The van der Waals surface area contributed by atoms with Crippen LogP contribution in [-0.2, 0) is 6.54 Å². The summed E-state index contributed by atoms with van der Waals surface area (Å²) < 4.78 is 0. The molecule has 3 aromatic rings. The first-order valence-corrected chi connectivity index (χ1v) is 7.34. The summed E-state index contributed by atoms with van der Waals surface area (Å²) in [6.07, 6.45) is 1.99. The Morgan fingerprint density at radius 3 is 2.62 bits per heavy atom. The summed E-state index contributed by atoms with van der Waals surface area (Å²) >= 11 is 0. The molecule has 0 aromatic heterocycles. The Bertz CT molecular complexity index is 832. The van der Waals surface area contributed by atoms with Crippen molar-refractivity contribution in [3.63, 3.8) is 0 Å². The van der Waals surface area contributed by atoms with Crippen molar-refractivity contribution in [3.8, 4) is 11.1 Å². The lowest BCUT2D eigenvalue weighted by atomic mass is 9.90. The highest BCUT2D eigenvalue weighted by molar-refractivity contribution is 6.03. The standard InChI is InChI=1S/C20H17N/c1-2-13-21-14-16-8-4-5-9-17(16)19-12-11-15-7-3-6-10-18(15)20(19)21/h2-12H,1,13-14H2. The van der Waals surface area contributed by atoms with E-state index in [4.69, 9.17) is 0 Å². The fraction of sp³-hybridized carbons (Fsp3) is 0.100. The lowest BCUT2D eigenvalue weighted by molar-refractivity contribution is 0.862. The first-order chi connectivity index (χ1) is 10.4. The molecular weight excluding hydrogens is 254 g/mol. The molecule has 0 atom stereocenters. The maximum Gasteiger partial charge on any atom is 0.0531 e. The van der Waals surface area contributed by atoms with Crippen molar-refractivity contribution < 1.29 is 0 Å². The fourth-order valence-electron chi connectivity index (χ4n) is 3.33. The summed E-state index contributed by atoms with van der Waals surface area (Å²) in [7, 11) is 0. The van der Waals surface area contributed by atoms with Crippen LogP contribution in [0, 0.1) is 0 Å². The molecule has 0 aliphatic carbocycles. The van der Waals surface area contributed by atoms with Crippen LogP contribution in [0.5, 0.6) is 0 Å². The molecule has 3 aromatic carbocycles. The second-order valence-corrected chi connectivity index (χ2v) is 5.51. The highest BCUT2D eigenvalue weighted by Crippen LogP contribution is 2.43. The molecule has 0 radical (unpaired) electrons. The average Bonchev–Trinajstić information content (AvgIpc) is 2.54. The van der Waals surface area contributed by atoms with Crippen molar-refractivity contribution >= 4 is 16.5 Å². The van der Waals surface area contributed by atoms with Crippen LogP contribution >= 0.6 is 0 Å². The Kier molecular flexibility index (Phi) is 2.78.